The monoisotopic (exact) mass is 368 g/mol. The summed E-state index contributed by atoms with van der Waals surface area (Å²) < 4.78 is 41.1. The van der Waals surface area contributed by atoms with E-state index in [2.05, 4.69) is 20.0 Å². The normalized spacial score (nSPS) is 11.5. The molecule has 0 radical (unpaired) electrons. The van der Waals surface area contributed by atoms with Crippen LogP contribution in [0.3, 0.4) is 0 Å². The average Bonchev–Trinajstić information content (AvgIpc) is 2.58. The van der Waals surface area contributed by atoms with Crippen molar-refractivity contribution in [3.05, 3.63) is 53.5 Å². The minimum atomic E-state index is -4.43. The van der Waals surface area contributed by atoms with Crippen LogP contribution in [0.25, 0.3) is 0 Å². The molecular formula is C17H19F3N4O2. The lowest BCUT2D eigenvalue weighted by Crippen LogP contribution is -2.23. The quantitative estimate of drug-likeness (QED) is 0.813. The van der Waals surface area contributed by atoms with Crippen molar-refractivity contribution in [2.45, 2.75) is 19.3 Å². The van der Waals surface area contributed by atoms with Crippen LogP contribution in [-0.2, 0) is 13.1 Å². The Morgan fingerprint density at radius 3 is 2.62 bits per heavy atom. The summed E-state index contributed by atoms with van der Waals surface area (Å²) in [5.41, 5.74) is 1.81. The van der Waals surface area contributed by atoms with Gasteiger partial charge in [-0.3, -0.25) is 9.78 Å². The Balaban J connectivity index is 1.90. The highest BCUT2D eigenvalue weighted by Crippen LogP contribution is 2.17. The molecule has 6 nitrogen and oxygen atoms in total. The number of ether oxygens (including phenoxy) is 1. The Kier molecular flexibility index (Phi) is 6.51. The van der Waals surface area contributed by atoms with E-state index >= 15 is 0 Å². The van der Waals surface area contributed by atoms with Crippen LogP contribution in [0, 0.1) is 0 Å². The number of pyridine rings is 2. The number of hydrogen-bond acceptors (Lipinski definition) is 5. The second-order valence-electron chi connectivity index (χ2n) is 5.86. The molecule has 0 unspecified atom stereocenters. The second-order valence-corrected chi connectivity index (χ2v) is 5.86. The number of hydrogen-bond donors (Lipinski definition) is 1. The smallest absolute Gasteiger partial charge is 0.422 e. The van der Waals surface area contributed by atoms with Gasteiger partial charge in [-0.15, -0.1) is 0 Å². The van der Waals surface area contributed by atoms with Crippen LogP contribution in [0.15, 0.2) is 36.7 Å². The van der Waals surface area contributed by atoms with E-state index in [1.54, 1.807) is 18.2 Å². The molecule has 2 rings (SSSR count). The fraction of sp³-hybridized carbons (Fsp3) is 0.353. The fourth-order valence-electron chi connectivity index (χ4n) is 2.06. The molecule has 0 aliphatic rings. The van der Waals surface area contributed by atoms with Gasteiger partial charge in [0.25, 0.3) is 5.91 Å². The third-order valence-corrected chi connectivity index (χ3v) is 3.20. The molecule has 0 aromatic carbocycles. The average molecular weight is 368 g/mol. The van der Waals surface area contributed by atoms with Crippen LogP contribution >= 0.6 is 0 Å². The van der Waals surface area contributed by atoms with Crippen molar-refractivity contribution in [3.63, 3.8) is 0 Å². The van der Waals surface area contributed by atoms with E-state index in [1.165, 1.54) is 18.5 Å². The van der Waals surface area contributed by atoms with Crippen molar-refractivity contribution in [1.29, 1.82) is 0 Å². The SMILES string of the molecule is CN(C)Cc1ccc(C(=O)NCc2ccnc(OCC(F)(F)F)c2)cn1. The van der Waals surface area contributed by atoms with Gasteiger partial charge in [0, 0.05) is 31.5 Å². The number of rotatable bonds is 7. The van der Waals surface area contributed by atoms with Crippen LogP contribution in [-0.4, -0.2) is 47.7 Å². The number of nitrogens with one attached hydrogen (secondary N) is 1. The Morgan fingerprint density at radius 1 is 1.23 bits per heavy atom. The molecule has 140 valence electrons. The lowest BCUT2D eigenvalue weighted by atomic mass is 10.2. The van der Waals surface area contributed by atoms with Gasteiger partial charge in [-0.2, -0.15) is 13.2 Å². The minimum absolute atomic E-state index is 0.128. The summed E-state index contributed by atoms with van der Waals surface area (Å²) in [6, 6.07) is 6.37. The van der Waals surface area contributed by atoms with Gasteiger partial charge in [0.2, 0.25) is 5.88 Å². The maximum Gasteiger partial charge on any atom is 0.422 e. The van der Waals surface area contributed by atoms with Gasteiger partial charge < -0.3 is 15.0 Å². The Labute approximate surface area is 149 Å². The van der Waals surface area contributed by atoms with Crippen LogP contribution in [0.5, 0.6) is 5.88 Å². The molecular weight excluding hydrogens is 349 g/mol. The van der Waals surface area contributed by atoms with Crippen LogP contribution in [0.1, 0.15) is 21.6 Å². The molecule has 0 spiro atoms. The zero-order chi connectivity index (χ0) is 19.2. The van der Waals surface area contributed by atoms with E-state index in [9.17, 15) is 18.0 Å². The van der Waals surface area contributed by atoms with E-state index in [-0.39, 0.29) is 18.3 Å². The summed E-state index contributed by atoms with van der Waals surface area (Å²) in [6.07, 6.45) is -1.62. The predicted molar refractivity (Wildman–Crippen MR) is 88.6 cm³/mol. The molecule has 2 heterocycles. The van der Waals surface area contributed by atoms with Crippen LogP contribution < -0.4 is 10.1 Å². The van der Waals surface area contributed by atoms with Crippen molar-refractivity contribution in [3.8, 4) is 5.88 Å². The van der Waals surface area contributed by atoms with E-state index in [0.29, 0.717) is 17.7 Å². The molecule has 2 aromatic heterocycles. The zero-order valence-electron chi connectivity index (χ0n) is 14.4. The lowest BCUT2D eigenvalue weighted by Gasteiger charge is -2.10. The standard InChI is InChI=1S/C17H19F3N4O2/c1-24(2)10-14-4-3-13(9-22-14)16(25)23-8-12-5-6-21-15(7-12)26-11-17(18,19)20/h3-7,9H,8,10-11H2,1-2H3,(H,23,25). The highest BCUT2D eigenvalue weighted by Gasteiger charge is 2.28. The summed E-state index contributed by atoms with van der Waals surface area (Å²) in [7, 11) is 3.84. The van der Waals surface area contributed by atoms with Gasteiger partial charge in [0.05, 0.1) is 11.3 Å². The minimum Gasteiger partial charge on any atom is -0.468 e. The molecule has 0 aliphatic heterocycles. The summed E-state index contributed by atoms with van der Waals surface area (Å²) in [5.74, 6) is -0.479. The van der Waals surface area contributed by atoms with Crippen LogP contribution in [0.4, 0.5) is 13.2 Å². The maximum absolute atomic E-state index is 12.2. The molecule has 0 bridgehead atoms. The van der Waals surface area contributed by atoms with Crippen molar-refractivity contribution in [1.82, 2.24) is 20.2 Å². The Hall–Kier alpha value is -2.68. The number of aromatic nitrogens is 2. The first-order chi connectivity index (χ1) is 12.2. The number of amides is 1. The van der Waals surface area contributed by atoms with E-state index in [4.69, 9.17) is 0 Å². The largest absolute Gasteiger partial charge is 0.468 e. The summed E-state index contributed by atoms with van der Waals surface area (Å²) in [4.78, 5) is 22.0. The van der Waals surface area contributed by atoms with Gasteiger partial charge in [-0.25, -0.2) is 4.98 Å². The number of carbonyl (C=O) groups is 1. The van der Waals surface area contributed by atoms with Crippen molar-refractivity contribution < 1.29 is 22.7 Å². The van der Waals surface area contributed by atoms with Gasteiger partial charge in [-0.05, 0) is 37.9 Å². The van der Waals surface area contributed by atoms with E-state index in [0.717, 1.165) is 5.69 Å². The number of carbonyl (C=O) groups excluding carboxylic acids is 1. The number of alkyl halides is 3. The highest BCUT2D eigenvalue weighted by atomic mass is 19.4. The highest BCUT2D eigenvalue weighted by molar-refractivity contribution is 5.93. The molecule has 26 heavy (non-hydrogen) atoms. The van der Waals surface area contributed by atoms with Crippen LogP contribution in [0.2, 0.25) is 0 Å². The van der Waals surface area contributed by atoms with Gasteiger partial charge in [0.15, 0.2) is 6.61 Å². The molecule has 0 atom stereocenters. The summed E-state index contributed by atoms with van der Waals surface area (Å²) in [6.45, 7) is -0.621. The molecule has 1 amide bonds. The maximum atomic E-state index is 12.2. The molecule has 0 aliphatic carbocycles. The first-order valence-electron chi connectivity index (χ1n) is 7.75. The Bertz CT molecular complexity index is 734. The summed E-state index contributed by atoms with van der Waals surface area (Å²) in [5, 5.41) is 2.68. The van der Waals surface area contributed by atoms with Gasteiger partial charge >= 0.3 is 6.18 Å². The molecule has 0 saturated carbocycles. The van der Waals surface area contributed by atoms with Crippen molar-refractivity contribution in [2.75, 3.05) is 20.7 Å². The first-order valence-corrected chi connectivity index (χ1v) is 7.75. The second kappa shape index (κ2) is 8.61. The number of halogens is 3. The molecule has 1 N–H and O–H groups in total. The molecule has 0 saturated heterocycles. The van der Waals surface area contributed by atoms with E-state index in [1.807, 2.05) is 19.0 Å². The summed E-state index contributed by atoms with van der Waals surface area (Å²) >= 11 is 0. The topological polar surface area (TPSA) is 67.4 Å². The van der Waals surface area contributed by atoms with Crippen molar-refractivity contribution in [2.24, 2.45) is 0 Å². The Morgan fingerprint density at radius 2 is 2.00 bits per heavy atom. The molecule has 9 heteroatoms. The van der Waals surface area contributed by atoms with Gasteiger partial charge in [-0.1, -0.05) is 0 Å². The number of nitrogens with zero attached hydrogens (tertiary/aromatic N) is 3. The molecule has 2 aromatic rings. The predicted octanol–water partition coefficient (Wildman–Crippen LogP) is 2.41. The third-order valence-electron chi connectivity index (χ3n) is 3.20. The van der Waals surface area contributed by atoms with Crippen molar-refractivity contribution >= 4 is 5.91 Å². The van der Waals surface area contributed by atoms with Gasteiger partial charge in [0.1, 0.15) is 0 Å². The van der Waals surface area contributed by atoms with E-state index < -0.39 is 12.8 Å². The first kappa shape index (κ1) is 19.6. The fourth-order valence-corrected chi connectivity index (χ4v) is 2.06. The molecule has 0 fully saturated rings. The third kappa shape index (κ3) is 6.67. The zero-order valence-corrected chi connectivity index (χ0v) is 14.4. The lowest BCUT2D eigenvalue weighted by molar-refractivity contribution is -0.154.